The van der Waals surface area contributed by atoms with E-state index in [1.54, 1.807) is 39.0 Å². The van der Waals surface area contributed by atoms with Crippen molar-refractivity contribution >= 4 is 23.9 Å². The monoisotopic (exact) mass is 470 g/mol. The van der Waals surface area contributed by atoms with E-state index in [1.807, 2.05) is 30.3 Å². The van der Waals surface area contributed by atoms with Crippen LogP contribution in [-0.2, 0) is 38.6 Å². The summed E-state index contributed by atoms with van der Waals surface area (Å²) in [7, 11) is 2.72. The number of amides is 2. The van der Waals surface area contributed by atoms with Crippen LogP contribution in [0.15, 0.2) is 53.5 Å². The number of methoxy groups -OCH3 is 2. The molecule has 0 unspecified atom stereocenters. The van der Waals surface area contributed by atoms with Crippen LogP contribution in [-0.4, -0.2) is 43.7 Å². The van der Waals surface area contributed by atoms with Gasteiger partial charge >= 0.3 is 18.2 Å². The van der Waals surface area contributed by atoms with Crippen LogP contribution in [0.25, 0.3) is 0 Å². The number of nitrogens with zero attached hydrogens (tertiary/aromatic N) is 1. The van der Waals surface area contributed by atoms with Crippen LogP contribution in [0, 0.1) is 0 Å². The van der Waals surface area contributed by atoms with Crippen molar-refractivity contribution in [3.05, 3.63) is 65.2 Å². The van der Waals surface area contributed by atoms with Crippen LogP contribution < -0.4 is 10.1 Å². The Labute approximate surface area is 199 Å². The zero-order chi connectivity index (χ0) is 25.1. The molecule has 34 heavy (non-hydrogen) atoms. The quantitative estimate of drug-likeness (QED) is 0.349. The van der Waals surface area contributed by atoms with Crippen molar-refractivity contribution in [1.29, 1.82) is 0 Å². The molecule has 0 aromatic heterocycles. The number of nitrogens with one attached hydrogen (secondary N) is 1. The lowest BCUT2D eigenvalue weighted by molar-refractivity contribution is -0.132. The molecule has 0 aliphatic rings. The van der Waals surface area contributed by atoms with E-state index in [-0.39, 0.29) is 25.3 Å². The summed E-state index contributed by atoms with van der Waals surface area (Å²) in [5, 5.41) is 2.67. The first-order chi connectivity index (χ1) is 16.1. The van der Waals surface area contributed by atoms with Gasteiger partial charge in [0.05, 0.1) is 14.2 Å². The van der Waals surface area contributed by atoms with Gasteiger partial charge in [0.25, 0.3) is 0 Å². The molecular weight excluding hydrogens is 440 g/mol. The van der Waals surface area contributed by atoms with E-state index >= 15 is 0 Å². The van der Waals surface area contributed by atoms with Crippen molar-refractivity contribution in [3.63, 3.8) is 0 Å². The highest BCUT2D eigenvalue weighted by atomic mass is 16.6. The lowest BCUT2D eigenvalue weighted by atomic mass is 10.0. The maximum Gasteiger partial charge on any atom is 0.434 e. The molecule has 9 heteroatoms. The standard InChI is InChI=1S/C25H30N2O7/c1-25(2,3)34-23(29)26-15-19-13-18(11-12-21(19)31-4)14-20(22(28)32-5)27-24(30)33-16-17-9-7-6-8-10-17/h6-13H,14-16H2,1-5H3,(H,26,29). The van der Waals surface area contributed by atoms with E-state index in [2.05, 4.69) is 10.3 Å². The first kappa shape index (κ1) is 26.4. The minimum Gasteiger partial charge on any atom is -0.496 e. The highest BCUT2D eigenvalue weighted by molar-refractivity contribution is 6.38. The van der Waals surface area contributed by atoms with E-state index in [0.29, 0.717) is 16.9 Å². The van der Waals surface area contributed by atoms with Crippen molar-refractivity contribution in [1.82, 2.24) is 5.32 Å². The third-order valence-corrected chi connectivity index (χ3v) is 4.39. The molecule has 9 nitrogen and oxygen atoms in total. The number of benzene rings is 2. The molecule has 2 rings (SSSR count). The fraction of sp³-hybridized carbons (Fsp3) is 0.360. The van der Waals surface area contributed by atoms with Crippen LogP contribution in [0.3, 0.4) is 0 Å². The second-order valence-corrected chi connectivity index (χ2v) is 8.27. The number of aliphatic imine (C=N–C) groups is 1. The van der Waals surface area contributed by atoms with Gasteiger partial charge in [0, 0.05) is 18.5 Å². The van der Waals surface area contributed by atoms with Crippen molar-refractivity contribution in [2.45, 2.75) is 45.9 Å². The third-order valence-electron chi connectivity index (χ3n) is 4.39. The molecule has 1 N–H and O–H groups in total. The number of carbonyl (C=O) groups is 3. The maximum atomic E-state index is 12.2. The fourth-order valence-corrected chi connectivity index (χ4v) is 2.89. The smallest absolute Gasteiger partial charge is 0.434 e. The summed E-state index contributed by atoms with van der Waals surface area (Å²) in [4.78, 5) is 40.2. The van der Waals surface area contributed by atoms with Crippen LogP contribution in [0.1, 0.15) is 37.5 Å². The molecule has 0 aliphatic carbocycles. The van der Waals surface area contributed by atoms with E-state index in [9.17, 15) is 14.4 Å². The molecule has 0 radical (unpaired) electrons. The number of alkyl carbamates (subject to hydrolysis) is 1. The van der Waals surface area contributed by atoms with E-state index in [1.165, 1.54) is 14.2 Å². The average Bonchev–Trinajstić information content (AvgIpc) is 2.80. The Morgan fingerprint density at radius 1 is 0.971 bits per heavy atom. The van der Waals surface area contributed by atoms with Gasteiger partial charge < -0.3 is 24.3 Å². The van der Waals surface area contributed by atoms with E-state index in [0.717, 1.165) is 5.56 Å². The summed E-state index contributed by atoms with van der Waals surface area (Å²) < 4.78 is 20.5. The average molecular weight is 471 g/mol. The Balaban J connectivity index is 2.13. The summed E-state index contributed by atoms with van der Waals surface area (Å²) in [6, 6.07) is 14.3. The first-order valence-electron chi connectivity index (χ1n) is 10.6. The van der Waals surface area contributed by atoms with E-state index in [4.69, 9.17) is 18.9 Å². The molecule has 0 heterocycles. The van der Waals surface area contributed by atoms with Gasteiger partial charge in [-0.2, -0.15) is 4.99 Å². The van der Waals surface area contributed by atoms with Gasteiger partial charge in [-0.3, -0.25) is 0 Å². The van der Waals surface area contributed by atoms with Crippen molar-refractivity contribution in [3.8, 4) is 5.75 Å². The minimum atomic E-state index is -0.899. The zero-order valence-electron chi connectivity index (χ0n) is 20.0. The molecule has 0 atom stereocenters. The Morgan fingerprint density at radius 3 is 2.29 bits per heavy atom. The van der Waals surface area contributed by atoms with Crippen LogP contribution in [0.5, 0.6) is 5.75 Å². The molecule has 2 aromatic carbocycles. The summed E-state index contributed by atoms with van der Waals surface area (Å²) in [6.45, 7) is 5.47. The molecule has 0 saturated carbocycles. The molecule has 0 fully saturated rings. The largest absolute Gasteiger partial charge is 0.496 e. The molecule has 182 valence electrons. The zero-order valence-corrected chi connectivity index (χ0v) is 20.0. The van der Waals surface area contributed by atoms with Crippen molar-refractivity contribution < 1.29 is 33.3 Å². The summed E-state index contributed by atoms with van der Waals surface area (Å²) in [5.41, 5.74) is 1.36. The second kappa shape index (κ2) is 12.4. The Kier molecular flexibility index (Phi) is 9.61. The molecule has 0 spiro atoms. The predicted molar refractivity (Wildman–Crippen MR) is 126 cm³/mol. The predicted octanol–water partition coefficient (Wildman–Crippen LogP) is 4.21. The first-order valence-corrected chi connectivity index (χ1v) is 10.6. The normalized spacial score (nSPS) is 11.4. The fourth-order valence-electron chi connectivity index (χ4n) is 2.89. The van der Waals surface area contributed by atoms with Crippen LogP contribution >= 0.6 is 0 Å². The molecule has 0 bridgehead atoms. The second-order valence-electron chi connectivity index (χ2n) is 8.27. The highest BCUT2D eigenvalue weighted by Crippen LogP contribution is 2.21. The number of hydrogen-bond acceptors (Lipinski definition) is 7. The molecule has 0 saturated heterocycles. The molecule has 0 aliphatic heterocycles. The van der Waals surface area contributed by atoms with Gasteiger partial charge in [-0.05, 0) is 44.0 Å². The van der Waals surface area contributed by atoms with Gasteiger partial charge in [-0.15, -0.1) is 0 Å². The Morgan fingerprint density at radius 2 is 1.68 bits per heavy atom. The van der Waals surface area contributed by atoms with Gasteiger partial charge in [0.15, 0.2) is 0 Å². The Bertz CT molecular complexity index is 1030. The number of esters is 1. The lowest BCUT2D eigenvalue weighted by Crippen LogP contribution is -2.32. The highest BCUT2D eigenvalue weighted by Gasteiger charge is 2.19. The van der Waals surface area contributed by atoms with Gasteiger partial charge in [0.1, 0.15) is 23.7 Å². The maximum absolute atomic E-state index is 12.2. The molecule has 2 aromatic rings. The van der Waals surface area contributed by atoms with Crippen LogP contribution in [0.2, 0.25) is 0 Å². The Hall–Kier alpha value is -3.88. The van der Waals surface area contributed by atoms with E-state index < -0.39 is 23.8 Å². The van der Waals surface area contributed by atoms with Gasteiger partial charge in [-0.25, -0.2) is 14.4 Å². The number of ether oxygens (including phenoxy) is 4. The van der Waals surface area contributed by atoms with Gasteiger partial charge in [0.2, 0.25) is 0 Å². The summed E-state index contributed by atoms with van der Waals surface area (Å²) in [6.07, 6.45) is -1.46. The van der Waals surface area contributed by atoms with Gasteiger partial charge in [-0.1, -0.05) is 36.4 Å². The number of hydrogen-bond donors (Lipinski definition) is 1. The minimum absolute atomic E-state index is 0.0105. The van der Waals surface area contributed by atoms with Crippen molar-refractivity contribution in [2.75, 3.05) is 14.2 Å². The topological polar surface area (TPSA) is 113 Å². The lowest BCUT2D eigenvalue weighted by Gasteiger charge is -2.20. The summed E-state index contributed by atoms with van der Waals surface area (Å²) in [5.74, 6) is -0.209. The SMILES string of the molecule is COC(=O)C(Cc1ccc(OC)c(CNC(=O)OC(C)(C)C)c1)=NC(=O)OCc1ccccc1. The third kappa shape index (κ3) is 8.93. The number of carbonyl (C=O) groups excluding carboxylic acids is 3. The van der Waals surface area contributed by atoms with Crippen molar-refractivity contribution in [2.24, 2.45) is 4.99 Å². The molecule has 2 amide bonds. The summed E-state index contributed by atoms with van der Waals surface area (Å²) >= 11 is 0. The van der Waals surface area contributed by atoms with Crippen LogP contribution in [0.4, 0.5) is 9.59 Å². The molecular formula is C25H30N2O7. The number of rotatable bonds is 8.